The molecule has 0 saturated carbocycles. The Hall–Kier alpha value is -2.21. The van der Waals surface area contributed by atoms with Crippen LogP contribution >= 0.6 is 11.8 Å². The highest BCUT2D eigenvalue weighted by atomic mass is 32.2. The summed E-state index contributed by atoms with van der Waals surface area (Å²) < 4.78 is 24.6. The van der Waals surface area contributed by atoms with E-state index >= 15 is 0 Å². The predicted molar refractivity (Wildman–Crippen MR) is 91.1 cm³/mol. The molecule has 1 atom stereocenters. The number of hydrogen-bond acceptors (Lipinski definition) is 4. The second kappa shape index (κ2) is 7.57. The van der Waals surface area contributed by atoms with E-state index in [9.17, 15) is 9.18 Å². The topological polar surface area (TPSA) is 47.6 Å². The minimum atomic E-state index is -0.310. The number of amides is 1. The van der Waals surface area contributed by atoms with Crippen molar-refractivity contribution in [2.75, 3.05) is 19.0 Å². The van der Waals surface area contributed by atoms with Crippen LogP contribution in [0, 0.1) is 5.82 Å². The van der Waals surface area contributed by atoms with Gasteiger partial charge in [-0.05, 0) is 36.8 Å². The lowest BCUT2D eigenvalue weighted by atomic mass is 10.1. The summed E-state index contributed by atoms with van der Waals surface area (Å²) in [5.41, 5.74) is 0.934. The summed E-state index contributed by atoms with van der Waals surface area (Å²) in [4.78, 5) is 12.6. The zero-order chi connectivity index (χ0) is 16.9. The molecule has 126 valence electrons. The van der Waals surface area contributed by atoms with Gasteiger partial charge in [0.2, 0.25) is 5.91 Å². The first-order valence-electron chi connectivity index (χ1n) is 7.70. The van der Waals surface area contributed by atoms with Crippen LogP contribution in [0.2, 0.25) is 0 Å². The van der Waals surface area contributed by atoms with E-state index in [2.05, 4.69) is 5.32 Å². The molecule has 2 aromatic carbocycles. The number of fused-ring (bicyclic) bond motifs is 1. The summed E-state index contributed by atoms with van der Waals surface area (Å²) in [6.45, 7) is 2.97. The van der Waals surface area contributed by atoms with Crippen molar-refractivity contribution in [2.45, 2.75) is 17.9 Å². The van der Waals surface area contributed by atoms with Crippen LogP contribution in [0.3, 0.4) is 0 Å². The number of ether oxygens (including phenoxy) is 2. The molecule has 0 aromatic heterocycles. The molecular weight excluding hydrogens is 329 g/mol. The first kappa shape index (κ1) is 16.6. The Kier molecular flexibility index (Phi) is 5.25. The van der Waals surface area contributed by atoms with Crippen LogP contribution in [0.15, 0.2) is 47.4 Å². The fourth-order valence-electron chi connectivity index (χ4n) is 2.40. The van der Waals surface area contributed by atoms with Crippen LogP contribution in [0.1, 0.15) is 18.5 Å². The molecule has 1 aliphatic rings. The highest BCUT2D eigenvalue weighted by Crippen LogP contribution is 2.32. The average Bonchev–Trinajstić information content (AvgIpc) is 2.60. The molecule has 0 saturated heterocycles. The summed E-state index contributed by atoms with van der Waals surface area (Å²) in [6.07, 6.45) is 0. The van der Waals surface area contributed by atoms with Crippen molar-refractivity contribution < 1.29 is 18.7 Å². The van der Waals surface area contributed by atoms with Crippen molar-refractivity contribution in [1.82, 2.24) is 5.32 Å². The van der Waals surface area contributed by atoms with E-state index in [4.69, 9.17) is 9.47 Å². The largest absolute Gasteiger partial charge is 0.486 e. The van der Waals surface area contributed by atoms with Crippen molar-refractivity contribution in [3.63, 3.8) is 0 Å². The molecule has 3 rings (SSSR count). The fraction of sp³-hybridized carbons (Fsp3) is 0.278. The monoisotopic (exact) mass is 347 g/mol. The third kappa shape index (κ3) is 4.00. The number of carbonyl (C=O) groups is 1. The van der Waals surface area contributed by atoms with Crippen molar-refractivity contribution in [3.05, 3.63) is 53.8 Å². The quantitative estimate of drug-likeness (QED) is 0.840. The molecule has 24 heavy (non-hydrogen) atoms. The predicted octanol–water partition coefficient (Wildman–Crippen LogP) is 3.57. The molecule has 0 unspecified atom stereocenters. The van der Waals surface area contributed by atoms with Crippen LogP contribution < -0.4 is 14.8 Å². The lowest BCUT2D eigenvalue weighted by molar-refractivity contribution is -0.119. The van der Waals surface area contributed by atoms with Crippen LogP contribution in [-0.2, 0) is 4.79 Å². The zero-order valence-corrected chi connectivity index (χ0v) is 14.1. The van der Waals surface area contributed by atoms with Gasteiger partial charge in [0.15, 0.2) is 11.5 Å². The summed E-state index contributed by atoms with van der Waals surface area (Å²) >= 11 is 1.18. The van der Waals surface area contributed by atoms with E-state index in [1.54, 1.807) is 18.2 Å². The molecule has 0 radical (unpaired) electrons. The highest BCUT2D eigenvalue weighted by molar-refractivity contribution is 8.00. The maximum Gasteiger partial charge on any atom is 0.230 e. The molecule has 0 fully saturated rings. The van der Waals surface area contributed by atoms with Gasteiger partial charge in [0.1, 0.15) is 19.0 Å². The van der Waals surface area contributed by atoms with E-state index in [1.807, 2.05) is 25.1 Å². The Morgan fingerprint density at radius 3 is 2.75 bits per heavy atom. The maximum absolute atomic E-state index is 13.5. The SMILES string of the molecule is C[C@@H](NC(=O)CSc1ccccc1F)c1ccc2c(c1)OCCO2. The van der Waals surface area contributed by atoms with Crippen molar-refractivity contribution in [3.8, 4) is 11.5 Å². The number of halogens is 1. The maximum atomic E-state index is 13.5. The normalized spacial score (nSPS) is 14.1. The molecule has 6 heteroatoms. The molecule has 0 bridgehead atoms. The first-order valence-corrected chi connectivity index (χ1v) is 8.68. The number of carbonyl (C=O) groups excluding carboxylic acids is 1. The average molecular weight is 347 g/mol. The van der Waals surface area contributed by atoms with Crippen molar-refractivity contribution in [1.29, 1.82) is 0 Å². The van der Waals surface area contributed by atoms with Gasteiger partial charge in [-0.1, -0.05) is 18.2 Å². The number of hydrogen-bond donors (Lipinski definition) is 1. The van der Waals surface area contributed by atoms with Gasteiger partial charge in [0.25, 0.3) is 0 Å². The standard InChI is InChI=1S/C18H18FNO3S/c1-12(13-6-7-15-16(10-13)23-9-8-22-15)20-18(21)11-24-17-5-3-2-4-14(17)19/h2-7,10,12H,8-9,11H2,1H3,(H,20,21)/t12-/m1/s1. The Balaban J connectivity index is 1.57. The molecule has 2 aromatic rings. The van der Waals surface area contributed by atoms with Crippen LogP contribution in [0.5, 0.6) is 11.5 Å². The number of nitrogens with one attached hydrogen (secondary N) is 1. The molecule has 0 aliphatic carbocycles. The molecular formula is C18H18FNO3S. The Labute approximate surface area is 144 Å². The third-order valence-corrected chi connectivity index (χ3v) is 4.69. The van der Waals surface area contributed by atoms with Gasteiger partial charge >= 0.3 is 0 Å². The number of thioether (sulfide) groups is 1. The van der Waals surface area contributed by atoms with Gasteiger partial charge in [0.05, 0.1) is 11.8 Å². The molecule has 1 amide bonds. The Morgan fingerprint density at radius 1 is 1.21 bits per heavy atom. The van der Waals surface area contributed by atoms with Crippen molar-refractivity contribution >= 4 is 17.7 Å². The first-order chi connectivity index (χ1) is 11.6. The Bertz CT molecular complexity index is 738. The van der Waals surface area contributed by atoms with E-state index in [0.717, 1.165) is 11.3 Å². The lowest BCUT2D eigenvalue weighted by Crippen LogP contribution is -2.28. The number of rotatable bonds is 5. The van der Waals surface area contributed by atoms with E-state index in [1.165, 1.54) is 17.8 Å². The summed E-state index contributed by atoms with van der Waals surface area (Å²) in [7, 11) is 0. The second-order valence-corrected chi connectivity index (χ2v) is 6.43. The van der Waals surface area contributed by atoms with Gasteiger partial charge in [-0.15, -0.1) is 11.8 Å². The third-order valence-electron chi connectivity index (χ3n) is 3.64. The molecule has 1 heterocycles. The molecule has 1 N–H and O–H groups in total. The molecule has 1 aliphatic heterocycles. The van der Waals surface area contributed by atoms with E-state index in [0.29, 0.717) is 23.9 Å². The Morgan fingerprint density at radius 2 is 1.96 bits per heavy atom. The summed E-state index contributed by atoms with van der Waals surface area (Å²) in [6, 6.07) is 11.9. The minimum Gasteiger partial charge on any atom is -0.486 e. The van der Waals surface area contributed by atoms with Crippen LogP contribution in [-0.4, -0.2) is 24.9 Å². The van der Waals surface area contributed by atoms with Crippen molar-refractivity contribution in [2.24, 2.45) is 0 Å². The van der Waals surface area contributed by atoms with Gasteiger partial charge in [-0.3, -0.25) is 4.79 Å². The van der Waals surface area contributed by atoms with Crippen LogP contribution in [0.25, 0.3) is 0 Å². The zero-order valence-electron chi connectivity index (χ0n) is 13.3. The summed E-state index contributed by atoms with van der Waals surface area (Å²) in [5, 5.41) is 2.91. The van der Waals surface area contributed by atoms with Gasteiger partial charge in [-0.2, -0.15) is 0 Å². The molecule has 0 spiro atoms. The van der Waals surface area contributed by atoms with Gasteiger partial charge < -0.3 is 14.8 Å². The fourth-order valence-corrected chi connectivity index (χ4v) is 3.15. The smallest absolute Gasteiger partial charge is 0.230 e. The van der Waals surface area contributed by atoms with E-state index < -0.39 is 0 Å². The molecule has 4 nitrogen and oxygen atoms in total. The minimum absolute atomic E-state index is 0.148. The van der Waals surface area contributed by atoms with Gasteiger partial charge in [-0.25, -0.2) is 4.39 Å². The lowest BCUT2D eigenvalue weighted by Gasteiger charge is -2.21. The number of benzene rings is 2. The van der Waals surface area contributed by atoms with Gasteiger partial charge in [0, 0.05) is 4.90 Å². The second-order valence-electron chi connectivity index (χ2n) is 5.41. The summed E-state index contributed by atoms with van der Waals surface area (Å²) in [5.74, 6) is 1.12. The highest BCUT2D eigenvalue weighted by Gasteiger charge is 2.16. The van der Waals surface area contributed by atoms with Crippen LogP contribution in [0.4, 0.5) is 4.39 Å². The van der Waals surface area contributed by atoms with E-state index in [-0.39, 0.29) is 23.5 Å².